The molecule has 2 saturated heterocycles. The van der Waals surface area contributed by atoms with Crippen molar-refractivity contribution in [3.05, 3.63) is 102 Å². The van der Waals surface area contributed by atoms with Gasteiger partial charge in [-0.05, 0) is 73.9 Å². The second-order valence-electron chi connectivity index (χ2n) is 11.8. The van der Waals surface area contributed by atoms with Crippen LogP contribution in [0.4, 0.5) is 16.0 Å². The van der Waals surface area contributed by atoms with Crippen molar-refractivity contribution in [1.82, 2.24) is 24.5 Å². The lowest BCUT2D eigenvalue weighted by molar-refractivity contribution is 0.203. The number of fused-ring (bicyclic) bond motifs is 1. The lowest BCUT2D eigenvalue weighted by atomic mass is 10.0. The van der Waals surface area contributed by atoms with Gasteiger partial charge in [-0.1, -0.05) is 35.9 Å². The average molecular weight is 642 g/mol. The molecule has 0 spiro atoms. The summed E-state index contributed by atoms with van der Waals surface area (Å²) < 4.78 is 46.2. The molecule has 2 aliphatic rings. The topological polar surface area (TPSA) is 96.2 Å². The van der Waals surface area contributed by atoms with Crippen LogP contribution in [-0.2, 0) is 14.3 Å². The first-order valence-electron chi connectivity index (χ1n) is 15.6. The summed E-state index contributed by atoms with van der Waals surface area (Å²) in [6.45, 7) is 6.44. The van der Waals surface area contributed by atoms with Crippen molar-refractivity contribution in [2.24, 2.45) is 0 Å². The standard InChI is InChI=1S/C34H36FN7O3S/c1-25-10-12-28(13-11-25)46(43,44)45-22-21-39-17-19-40(20-18-39)33-9-3-7-29(37-33)31-24-36-32-14-15-34(38-42(31)32)41-16-4-8-30(41)26-5-2-6-27(35)23-26/h2-3,5-7,9-15,23-24,30H,4,8,16-22H2,1H3/t30-/m1/s1. The predicted molar refractivity (Wildman–Crippen MR) is 175 cm³/mol. The van der Waals surface area contributed by atoms with E-state index in [4.69, 9.17) is 14.3 Å². The van der Waals surface area contributed by atoms with Crippen LogP contribution in [0.15, 0.2) is 90.0 Å². The number of hydrogen-bond acceptors (Lipinski definition) is 9. The highest BCUT2D eigenvalue weighted by atomic mass is 32.2. The zero-order chi connectivity index (χ0) is 31.7. The van der Waals surface area contributed by atoms with Crippen LogP contribution >= 0.6 is 0 Å². The smallest absolute Gasteiger partial charge is 0.297 e. The zero-order valence-corrected chi connectivity index (χ0v) is 26.5. The Morgan fingerprint density at radius 1 is 0.913 bits per heavy atom. The van der Waals surface area contributed by atoms with Crippen molar-refractivity contribution in [2.45, 2.75) is 30.7 Å². The van der Waals surface area contributed by atoms with Crippen molar-refractivity contribution in [2.75, 3.05) is 55.7 Å². The number of rotatable bonds is 9. The Kier molecular flexibility index (Phi) is 8.41. The molecule has 0 N–H and O–H groups in total. The molecule has 0 radical (unpaired) electrons. The number of imidazole rings is 1. The van der Waals surface area contributed by atoms with E-state index in [2.05, 4.69) is 19.7 Å². The molecule has 1 atom stereocenters. The summed E-state index contributed by atoms with van der Waals surface area (Å²) in [6, 6.07) is 23.5. The van der Waals surface area contributed by atoms with E-state index in [0.29, 0.717) is 6.54 Å². The molecule has 2 aromatic carbocycles. The Balaban J connectivity index is 1.01. The van der Waals surface area contributed by atoms with Crippen molar-refractivity contribution >= 4 is 27.4 Å². The van der Waals surface area contributed by atoms with E-state index in [9.17, 15) is 12.8 Å². The molecule has 0 amide bonds. The zero-order valence-electron chi connectivity index (χ0n) is 25.7. The summed E-state index contributed by atoms with van der Waals surface area (Å²) in [5, 5.41) is 4.98. The molecule has 2 fully saturated rings. The number of nitrogens with zero attached hydrogens (tertiary/aromatic N) is 7. The van der Waals surface area contributed by atoms with Crippen LogP contribution in [0.5, 0.6) is 0 Å². The highest BCUT2D eigenvalue weighted by molar-refractivity contribution is 7.86. The van der Waals surface area contributed by atoms with Crippen LogP contribution in [0.1, 0.15) is 30.0 Å². The van der Waals surface area contributed by atoms with E-state index in [-0.39, 0.29) is 23.4 Å². The highest BCUT2D eigenvalue weighted by Crippen LogP contribution is 2.36. The Labute approximate surface area is 268 Å². The van der Waals surface area contributed by atoms with E-state index < -0.39 is 10.1 Å². The predicted octanol–water partition coefficient (Wildman–Crippen LogP) is 5.11. The fourth-order valence-electron chi connectivity index (χ4n) is 6.28. The molecule has 0 bridgehead atoms. The van der Waals surface area contributed by atoms with E-state index in [0.717, 1.165) is 85.4 Å². The molecule has 0 aliphatic carbocycles. The van der Waals surface area contributed by atoms with E-state index in [1.165, 1.54) is 6.07 Å². The number of benzene rings is 2. The third-order valence-electron chi connectivity index (χ3n) is 8.78. The minimum atomic E-state index is -3.77. The fourth-order valence-corrected chi connectivity index (χ4v) is 7.18. The van der Waals surface area contributed by atoms with E-state index >= 15 is 0 Å². The number of hydrogen-bond donors (Lipinski definition) is 0. The minimum Gasteiger partial charge on any atom is -0.354 e. The molecule has 10 nitrogen and oxygen atoms in total. The first-order valence-corrected chi connectivity index (χ1v) is 17.0. The maximum atomic E-state index is 14.0. The van der Waals surface area contributed by atoms with Crippen LogP contribution in [0.25, 0.3) is 17.0 Å². The van der Waals surface area contributed by atoms with Crippen LogP contribution < -0.4 is 9.80 Å². The van der Waals surface area contributed by atoms with Gasteiger partial charge in [0, 0.05) is 39.3 Å². The van der Waals surface area contributed by atoms with Gasteiger partial charge in [0.2, 0.25) is 0 Å². The van der Waals surface area contributed by atoms with Gasteiger partial charge in [-0.25, -0.2) is 18.9 Å². The highest BCUT2D eigenvalue weighted by Gasteiger charge is 2.28. The second kappa shape index (κ2) is 12.8. The largest absolute Gasteiger partial charge is 0.354 e. The SMILES string of the molecule is Cc1ccc(S(=O)(=O)OCCN2CCN(c3cccc(-c4cnc5ccc(N6CCC[C@@H]6c6cccc(F)c6)nn45)n3)CC2)cc1. The quantitative estimate of drug-likeness (QED) is 0.204. The van der Waals surface area contributed by atoms with Crippen LogP contribution in [0, 0.1) is 12.7 Å². The normalized spacial score (nSPS) is 17.7. The Bertz CT molecular complexity index is 1940. The Hall–Kier alpha value is -4.39. The molecule has 7 rings (SSSR count). The van der Waals surface area contributed by atoms with Gasteiger partial charge in [0.15, 0.2) is 5.65 Å². The summed E-state index contributed by atoms with van der Waals surface area (Å²) in [4.78, 5) is 16.4. The van der Waals surface area contributed by atoms with Gasteiger partial charge in [-0.15, -0.1) is 5.10 Å². The van der Waals surface area contributed by atoms with Gasteiger partial charge in [-0.2, -0.15) is 8.42 Å². The van der Waals surface area contributed by atoms with Gasteiger partial charge in [-0.3, -0.25) is 9.08 Å². The van der Waals surface area contributed by atoms with Crippen molar-refractivity contribution < 1.29 is 17.0 Å². The number of piperazine rings is 1. The van der Waals surface area contributed by atoms with Crippen LogP contribution in [0.3, 0.4) is 0 Å². The Morgan fingerprint density at radius 3 is 2.52 bits per heavy atom. The monoisotopic (exact) mass is 641 g/mol. The fraction of sp³-hybridized carbons (Fsp3) is 0.324. The third kappa shape index (κ3) is 6.33. The maximum Gasteiger partial charge on any atom is 0.297 e. The van der Waals surface area contributed by atoms with Gasteiger partial charge in [0.25, 0.3) is 10.1 Å². The summed E-state index contributed by atoms with van der Waals surface area (Å²) in [5.41, 5.74) is 4.25. The second-order valence-corrected chi connectivity index (χ2v) is 13.4. The van der Waals surface area contributed by atoms with Crippen molar-refractivity contribution in [3.8, 4) is 11.4 Å². The molecule has 238 valence electrons. The van der Waals surface area contributed by atoms with E-state index in [1.54, 1.807) is 42.6 Å². The van der Waals surface area contributed by atoms with Gasteiger partial charge >= 0.3 is 0 Å². The molecule has 12 heteroatoms. The molecular formula is C34H36FN7O3S. The van der Waals surface area contributed by atoms with Gasteiger partial charge in [0.1, 0.15) is 23.1 Å². The molecule has 3 aromatic heterocycles. The van der Waals surface area contributed by atoms with Gasteiger partial charge < -0.3 is 9.80 Å². The molecular weight excluding hydrogens is 605 g/mol. The van der Waals surface area contributed by atoms with E-state index in [1.807, 2.05) is 47.8 Å². The van der Waals surface area contributed by atoms with Crippen molar-refractivity contribution in [1.29, 1.82) is 0 Å². The molecule has 46 heavy (non-hydrogen) atoms. The summed E-state index contributed by atoms with van der Waals surface area (Å²) in [7, 11) is -3.77. The Morgan fingerprint density at radius 2 is 1.72 bits per heavy atom. The first-order chi connectivity index (χ1) is 22.3. The number of aryl methyl sites for hydroxylation is 1. The lowest BCUT2D eigenvalue weighted by Crippen LogP contribution is -2.47. The van der Waals surface area contributed by atoms with Gasteiger partial charge in [0.05, 0.1) is 29.4 Å². The molecule has 2 aliphatic heterocycles. The van der Waals surface area contributed by atoms with Crippen LogP contribution in [0.2, 0.25) is 0 Å². The summed E-state index contributed by atoms with van der Waals surface area (Å²) in [6.07, 6.45) is 3.75. The molecule has 0 saturated carbocycles. The summed E-state index contributed by atoms with van der Waals surface area (Å²) in [5.74, 6) is 1.46. The minimum absolute atomic E-state index is 0.0666. The average Bonchev–Trinajstić information content (AvgIpc) is 3.73. The number of pyridine rings is 1. The van der Waals surface area contributed by atoms with Crippen molar-refractivity contribution in [3.63, 3.8) is 0 Å². The van der Waals surface area contributed by atoms with Crippen LogP contribution in [-0.4, -0.2) is 78.8 Å². The maximum absolute atomic E-state index is 14.0. The third-order valence-corrected chi connectivity index (χ3v) is 10.1. The molecule has 5 heterocycles. The number of aromatic nitrogens is 4. The first kappa shape index (κ1) is 30.3. The number of anilines is 2. The number of halogens is 1. The molecule has 5 aromatic rings. The summed E-state index contributed by atoms with van der Waals surface area (Å²) >= 11 is 0. The lowest BCUT2D eigenvalue weighted by Gasteiger charge is -2.35. The molecule has 0 unspecified atom stereocenters.